The van der Waals surface area contributed by atoms with Crippen LogP contribution in [-0.4, -0.2) is 0 Å². The second-order valence-electron chi connectivity index (χ2n) is 10.6. The second kappa shape index (κ2) is 26.7. The molecule has 0 N–H and O–H groups in total. The maximum atomic E-state index is 4.33. The Balaban J connectivity index is 3.29. The molecule has 0 nitrogen and oxygen atoms in total. The normalized spacial score (nSPS) is 11.2. The summed E-state index contributed by atoms with van der Waals surface area (Å²) in [4.78, 5) is 0. The molecule has 0 aromatic carbocycles. The van der Waals surface area contributed by atoms with Crippen LogP contribution in [0.15, 0.2) is 24.3 Å². The molecule has 0 aliphatic carbocycles. The van der Waals surface area contributed by atoms with Crippen molar-refractivity contribution in [1.29, 1.82) is 0 Å². The Morgan fingerprint density at radius 3 is 0.812 bits per heavy atom. The molecular formula is C32H62. The summed E-state index contributed by atoms with van der Waals surface area (Å²) < 4.78 is 0. The lowest BCUT2D eigenvalue weighted by Gasteiger charge is -2.08. The van der Waals surface area contributed by atoms with Crippen molar-refractivity contribution < 1.29 is 0 Å². The van der Waals surface area contributed by atoms with Crippen molar-refractivity contribution in [2.24, 2.45) is 0 Å². The highest BCUT2D eigenvalue weighted by molar-refractivity contribution is 4.98. The lowest BCUT2D eigenvalue weighted by atomic mass is 9.98. The van der Waals surface area contributed by atoms with Gasteiger partial charge in [0.25, 0.3) is 0 Å². The maximum Gasteiger partial charge on any atom is -0.0320 e. The summed E-state index contributed by atoms with van der Waals surface area (Å²) in [6, 6.07) is 0. The molecule has 0 saturated carbocycles. The van der Waals surface area contributed by atoms with Crippen LogP contribution in [0.3, 0.4) is 0 Å². The number of rotatable bonds is 27. The first-order chi connectivity index (χ1) is 15.7. The Morgan fingerprint density at radius 2 is 0.531 bits per heavy atom. The molecule has 0 amide bonds. The molecule has 0 aromatic heterocycles. The Morgan fingerprint density at radius 1 is 0.312 bits per heavy atom. The minimum absolute atomic E-state index is 1.22. The van der Waals surface area contributed by atoms with E-state index in [2.05, 4.69) is 27.0 Å². The van der Waals surface area contributed by atoms with Gasteiger partial charge < -0.3 is 0 Å². The number of unbranched alkanes of at least 4 members (excludes halogenated alkanes) is 19. The number of hydrogen-bond acceptors (Lipinski definition) is 0. The fourth-order valence-electron chi connectivity index (χ4n) is 4.74. The van der Waals surface area contributed by atoms with Crippen LogP contribution in [0.2, 0.25) is 0 Å². The van der Waals surface area contributed by atoms with Gasteiger partial charge in [-0.25, -0.2) is 0 Å². The third kappa shape index (κ3) is 25.7. The summed E-state index contributed by atoms with van der Waals surface area (Å²) in [5.41, 5.74) is 2.96. The van der Waals surface area contributed by atoms with Crippen molar-refractivity contribution in [3.8, 4) is 0 Å². The first-order valence-electron chi connectivity index (χ1n) is 15.0. The highest BCUT2D eigenvalue weighted by Crippen LogP contribution is 2.20. The molecule has 0 spiro atoms. The molecular weight excluding hydrogens is 384 g/mol. The van der Waals surface area contributed by atoms with Crippen molar-refractivity contribution in [2.45, 2.75) is 181 Å². The van der Waals surface area contributed by atoms with E-state index >= 15 is 0 Å². The van der Waals surface area contributed by atoms with E-state index in [1.54, 1.807) is 0 Å². The highest BCUT2D eigenvalue weighted by Gasteiger charge is 2.00. The van der Waals surface area contributed by atoms with Gasteiger partial charge in [-0.1, -0.05) is 160 Å². The van der Waals surface area contributed by atoms with E-state index in [1.165, 1.54) is 178 Å². The standard InChI is InChI=1S/C32H62/c1-5-7-9-11-13-15-17-19-21-23-25-28-32(4)30-26-29-31(3)27-24-22-20-18-16-14-12-10-8-6-2/h3-30H2,1-2H3. The van der Waals surface area contributed by atoms with Crippen LogP contribution >= 0.6 is 0 Å². The smallest absolute Gasteiger partial charge is 0.0320 e. The summed E-state index contributed by atoms with van der Waals surface area (Å²) in [7, 11) is 0. The molecule has 0 heterocycles. The van der Waals surface area contributed by atoms with Crippen molar-refractivity contribution in [3.63, 3.8) is 0 Å². The largest absolute Gasteiger partial charge is 0.0999 e. The molecule has 0 aromatic rings. The molecule has 0 aliphatic heterocycles. The number of hydrogen-bond donors (Lipinski definition) is 0. The predicted molar refractivity (Wildman–Crippen MR) is 150 cm³/mol. The molecule has 0 heteroatoms. The van der Waals surface area contributed by atoms with E-state index in [4.69, 9.17) is 0 Å². The van der Waals surface area contributed by atoms with Gasteiger partial charge in [0.1, 0.15) is 0 Å². The Bertz CT molecular complexity index is 391. The van der Waals surface area contributed by atoms with E-state index in [9.17, 15) is 0 Å². The first kappa shape index (κ1) is 31.5. The van der Waals surface area contributed by atoms with Gasteiger partial charge in [0, 0.05) is 0 Å². The van der Waals surface area contributed by atoms with Gasteiger partial charge in [0.05, 0.1) is 0 Å². The highest BCUT2D eigenvalue weighted by atomic mass is 14.1. The summed E-state index contributed by atoms with van der Waals surface area (Å²) in [6.45, 7) is 13.3. The first-order valence-corrected chi connectivity index (χ1v) is 15.0. The summed E-state index contributed by atoms with van der Waals surface area (Å²) in [5, 5.41) is 0. The minimum atomic E-state index is 1.22. The quantitative estimate of drug-likeness (QED) is 0.0868. The van der Waals surface area contributed by atoms with E-state index < -0.39 is 0 Å². The Kier molecular flexibility index (Phi) is 26.3. The van der Waals surface area contributed by atoms with E-state index in [0.717, 1.165) is 0 Å². The topological polar surface area (TPSA) is 0 Å². The summed E-state index contributed by atoms with van der Waals surface area (Å²) in [6.07, 6.45) is 36.1. The molecule has 0 unspecified atom stereocenters. The summed E-state index contributed by atoms with van der Waals surface area (Å²) >= 11 is 0. The zero-order valence-electron chi connectivity index (χ0n) is 22.8. The monoisotopic (exact) mass is 446 g/mol. The van der Waals surface area contributed by atoms with Gasteiger partial charge in [-0.15, -0.1) is 0 Å². The van der Waals surface area contributed by atoms with Crippen LogP contribution in [0.1, 0.15) is 181 Å². The van der Waals surface area contributed by atoms with Gasteiger partial charge >= 0.3 is 0 Å². The molecule has 0 atom stereocenters. The van der Waals surface area contributed by atoms with Gasteiger partial charge in [0.2, 0.25) is 0 Å². The maximum absolute atomic E-state index is 4.33. The van der Waals surface area contributed by atoms with E-state index in [1.807, 2.05) is 0 Å². The van der Waals surface area contributed by atoms with E-state index in [0.29, 0.717) is 0 Å². The molecule has 32 heavy (non-hydrogen) atoms. The van der Waals surface area contributed by atoms with Crippen LogP contribution in [0.5, 0.6) is 0 Å². The minimum Gasteiger partial charge on any atom is -0.0999 e. The lowest BCUT2D eigenvalue weighted by Crippen LogP contribution is -1.88. The van der Waals surface area contributed by atoms with Crippen molar-refractivity contribution in [3.05, 3.63) is 24.3 Å². The van der Waals surface area contributed by atoms with Crippen molar-refractivity contribution >= 4 is 0 Å². The molecule has 0 bridgehead atoms. The fourth-order valence-corrected chi connectivity index (χ4v) is 4.74. The average Bonchev–Trinajstić information content (AvgIpc) is 2.78. The third-order valence-electron chi connectivity index (χ3n) is 7.08. The Hall–Kier alpha value is -0.520. The zero-order chi connectivity index (χ0) is 23.5. The van der Waals surface area contributed by atoms with Gasteiger partial charge in [-0.2, -0.15) is 0 Å². The predicted octanol–water partition coefficient (Wildman–Crippen LogP) is 12.3. The fraction of sp³-hybridized carbons (Fsp3) is 0.875. The van der Waals surface area contributed by atoms with Gasteiger partial charge in [-0.05, 0) is 44.9 Å². The van der Waals surface area contributed by atoms with Gasteiger partial charge in [-0.3, -0.25) is 0 Å². The van der Waals surface area contributed by atoms with Crippen LogP contribution in [-0.2, 0) is 0 Å². The van der Waals surface area contributed by atoms with Crippen LogP contribution in [0, 0.1) is 0 Å². The van der Waals surface area contributed by atoms with E-state index in [-0.39, 0.29) is 0 Å². The molecule has 0 aliphatic rings. The SMILES string of the molecule is C=C(CCCCCCCCCCCC)CCCC(=C)CCCCCCCCCCCCC. The van der Waals surface area contributed by atoms with Crippen LogP contribution in [0.25, 0.3) is 0 Å². The second-order valence-corrected chi connectivity index (χ2v) is 10.6. The summed E-state index contributed by atoms with van der Waals surface area (Å²) in [5.74, 6) is 0. The zero-order valence-corrected chi connectivity index (χ0v) is 22.8. The number of allylic oxidation sites excluding steroid dienone is 2. The molecule has 190 valence electrons. The molecule has 0 saturated heterocycles. The Labute approximate surface area is 205 Å². The molecule has 0 rings (SSSR count). The average molecular weight is 447 g/mol. The van der Waals surface area contributed by atoms with Crippen molar-refractivity contribution in [2.75, 3.05) is 0 Å². The van der Waals surface area contributed by atoms with Crippen LogP contribution < -0.4 is 0 Å². The molecule has 0 radical (unpaired) electrons. The van der Waals surface area contributed by atoms with Crippen molar-refractivity contribution in [1.82, 2.24) is 0 Å². The van der Waals surface area contributed by atoms with Crippen LogP contribution in [0.4, 0.5) is 0 Å². The third-order valence-corrected chi connectivity index (χ3v) is 7.08. The van der Waals surface area contributed by atoms with Gasteiger partial charge in [0.15, 0.2) is 0 Å². The molecule has 0 fully saturated rings. The lowest BCUT2D eigenvalue weighted by molar-refractivity contribution is 0.547.